The molecule has 5 rings (SSSR count). The average molecular weight is 496 g/mol. The number of para-hydroxylation sites is 1. The van der Waals surface area contributed by atoms with Crippen LogP contribution in [0, 0.1) is 0 Å². The molecule has 0 unspecified atom stereocenters. The summed E-state index contributed by atoms with van der Waals surface area (Å²) in [5.41, 5.74) is 3.65. The lowest BCUT2D eigenvalue weighted by Gasteiger charge is -2.09. The van der Waals surface area contributed by atoms with Crippen molar-refractivity contribution in [1.29, 1.82) is 0 Å². The summed E-state index contributed by atoms with van der Waals surface area (Å²) in [7, 11) is 0. The summed E-state index contributed by atoms with van der Waals surface area (Å²) in [6.45, 7) is 2.39. The van der Waals surface area contributed by atoms with Crippen LogP contribution in [0.15, 0.2) is 77.6 Å². The molecule has 10 nitrogen and oxygen atoms in total. The number of hydrogen-bond donors (Lipinski definition) is 2. The van der Waals surface area contributed by atoms with Crippen LogP contribution in [0.3, 0.4) is 0 Å². The van der Waals surface area contributed by atoms with E-state index in [2.05, 4.69) is 32.6 Å². The average Bonchev–Trinajstić information content (AvgIpc) is 3.57. The van der Waals surface area contributed by atoms with Crippen molar-refractivity contribution in [3.63, 3.8) is 0 Å². The first-order valence-corrected chi connectivity index (χ1v) is 12.0. The number of aromatic carboxylic acids is 1. The molecule has 0 fully saturated rings. The quantitative estimate of drug-likeness (QED) is 0.316. The van der Waals surface area contributed by atoms with E-state index in [0.29, 0.717) is 24.6 Å². The number of benzene rings is 3. The Hall–Kier alpha value is -4.86. The topological polar surface area (TPSA) is 132 Å². The van der Waals surface area contributed by atoms with Crippen LogP contribution >= 0.6 is 0 Å². The molecule has 2 N–H and O–H groups in total. The molecular weight excluding hydrogens is 470 g/mol. The summed E-state index contributed by atoms with van der Waals surface area (Å²) in [6.07, 6.45) is 2.42. The molecule has 10 heteroatoms. The van der Waals surface area contributed by atoms with Gasteiger partial charge in [0.2, 0.25) is 5.82 Å². The second-order valence-electron chi connectivity index (χ2n) is 8.60. The molecule has 0 saturated heterocycles. The van der Waals surface area contributed by atoms with Crippen molar-refractivity contribution in [2.75, 3.05) is 0 Å². The number of nitrogens with zero attached hydrogens (tertiary/aromatic N) is 6. The number of carbonyl (C=O) groups is 1. The van der Waals surface area contributed by atoms with Crippen LogP contribution in [0.2, 0.25) is 0 Å². The van der Waals surface area contributed by atoms with E-state index in [-0.39, 0.29) is 16.9 Å². The summed E-state index contributed by atoms with van der Waals surface area (Å²) < 4.78 is 2.82. The predicted octanol–water partition coefficient (Wildman–Crippen LogP) is 3.97. The second-order valence-corrected chi connectivity index (χ2v) is 8.60. The molecule has 186 valence electrons. The van der Waals surface area contributed by atoms with Gasteiger partial charge in [-0.3, -0.25) is 4.57 Å². The fraction of sp³-hybridized carbons (Fsp3) is 0.185. The third-order valence-corrected chi connectivity index (χ3v) is 6.17. The first-order chi connectivity index (χ1) is 18.1. The maximum Gasteiger partial charge on any atom is 0.351 e. The van der Waals surface area contributed by atoms with Crippen molar-refractivity contribution in [3.05, 3.63) is 100 Å². The van der Waals surface area contributed by atoms with Crippen LogP contribution in [-0.2, 0) is 13.0 Å². The van der Waals surface area contributed by atoms with Crippen LogP contribution in [-0.4, -0.2) is 46.0 Å². The van der Waals surface area contributed by atoms with E-state index in [0.717, 1.165) is 35.1 Å². The van der Waals surface area contributed by atoms with E-state index in [1.54, 1.807) is 22.8 Å². The Balaban J connectivity index is 1.49. The zero-order valence-electron chi connectivity index (χ0n) is 20.2. The normalized spacial score (nSPS) is 11.1. The summed E-state index contributed by atoms with van der Waals surface area (Å²) in [4.78, 5) is 25.2. The minimum Gasteiger partial charge on any atom is -0.478 e. The van der Waals surface area contributed by atoms with E-state index in [1.165, 1.54) is 10.7 Å². The zero-order valence-corrected chi connectivity index (χ0v) is 20.2. The molecule has 0 spiro atoms. The van der Waals surface area contributed by atoms with E-state index in [9.17, 15) is 14.7 Å². The minimum atomic E-state index is -1.11. The lowest BCUT2D eigenvalue weighted by molar-refractivity contribution is 0.0696. The van der Waals surface area contributed by atoms with Gasteiger partial charge in [-0.2, -0.15) is 9.90 Å². The van der Waals surface area contributed by atoms with Crippen molar-refractivity contribution < 1.29 is 9.90 Å². The van der Waals surface area contributed by atoms with Crippen LogP contribution in [0.5, 0.6) is 0 Å². The van der Waals surface area contributed by atoms with Crippen molar-refractivity contribution >= 4 is 5.97 Å². The second kappa shape index (κ2) is 10.4. The zero-order chi connectivity index (χ0) is 25.8. The smallest absolute Gasteiger partial charge is 0.351 e. The Bertz CT molecular complexity index is 1590. The van der Waals surface area contributed by atoms with Crippen molar-refractivity contribution in [1.82, 2.24) is 35.0 Å². The van der Waals surface area contributed by atoms with Gasteiger partial charge in [0.1, 0.15) is 5.82 Å². The van der Waals surface area contributed by atoms with Crippen LogP contribution in [0.1, 0.15) is 41.5 Å². The van der Waals surface area contributed by atoms with Gasteiger partial charge in [0.25, 0.3) is 0 Å². The number of carboxylic acids is 1. The van der Waals surface area contributed by atoms with E-state index < -0.39 is 5.97 Å². The Labute approximate surface area is 212 Å². The summed E-state index contributed by atoms with van der Waals surface area (Å²) >= 11 is 0. The van der Waals surface area contributed by atoms with Crippen LogP contribution in [0.25, 0.3) is 28.2 Å². The molecule has 5 aromatic rings. The van der Waals surface area contributed by atoms with Gasteiger partial charge in [-0.25, -0.2) is 9.59 Å². The maximum atomic E-state index is 13.4. The number of aryl methyl sites for hydroxylation is 1. The molecule has 0 aliphatic rings. The number of H-pyrrole nitrogens is 1. The fourth-order valence-electron chi connectivity index (χ4n) is 4.29. The van der Waals surface area contributed by atoms with Crippen molar-refractivity contribution in [2.24, 2.45) is 0 Å². The molecule has 3 aromatic carbocycles. The van der Waals surface area contributed by atoms with Crippen molar-refractivity contribution in [2.45, 2.75) is 32.7 Å². The highest BCUT2D eigenvalue weighted by atomic mass is 16.4. The Morgan fingerprint density at radius 1 is 0.973 bits per heavy atom. The Kier molecular flexibility index (Phi) is 6.71. The summed E-state index contributed by atoms with van der Waals surface area (Å²) in [6, 6.07) is 22.2. The molecule has 0 saturated carbocycles. The summed E-state index contributed by atoms with van der Waals surface area (Å²) in [5.74, 6) is 0.0308. The van der Waals surface area contributed by atoms with Crippen LogP contribution < -0.4 is 5.69 Å². The molecule has 2 aromatic heterocycles. The summed E-state index contributed by atoms with van der Waals surface area (Å²) in [5, 5.41) is 28.5. The van der Waals surface area contributed by atoms with Gasteiger partial charge >= 0.3 is 11.7 Å². The molecule has 0 aliphatic carbocycles. The van der Waals surface area contributed by atoms with Gasteiger partial charge in [-0.15, -0.1) is 15.3 Å². The SMILES string of the molecule is CCCCc1nn(-c2ccccc2C(=O)O)c(=O)n1Cc1ccc(-c2ccccc2-c2nn[nH]n2)cc1. The fourth-order valence-corrected chi connectivity index (χ4v) is 4.29. The number of aromatic nitrogens is 7. The number of aromatic amines is 1. The number of carboxylic acid groups (broad SMARTS) is 1. The van der Waals surface area contributed by atoms with Gasteiger partial charge < -0.3 is 5.11 Å². The highest BCUT2D eigenvalue weighted by Crippen LogP contribution is 2.29. The molecule has 0 bridgehead atoms. The van der Waals surface area contributed by atoms with Gasteiger partial charge in [0, 0.05) is 12.0 Å². The first-order valence-electron chi connectivity index (χ1n) is 12.0. The van der Waals surface area contributed by atoms with Gasteiger partial charge in [-0.1, -0.05) is 74.0 Å². The minimum absolute atomic E-state index is 0.0286. The number of unbranched alkanes of at least 4 members (excludes halogenated alkanes) is 1. The Morgan fingerprint density at radius 3 is 2.41 bits per heavy atom. The van der Waals surface area contributed by atoms with Crippen LogP contribution in [0.4, 0.5) is 0 Å². The monoisotopic (exact) mass is 495 g/mol. The van der Waals surface area contributed by atoms with Gasteiger partial charge in [0.15, 0.2) is 0 Å². The Morgan fingerprint density at radius 2 is 1.70 bits per heavy atom. The molecule has 0 atom stereocenters. The number of tetrazole rings is 1. The molecule has 0 amide bonds. The lowest BCUT2D eigenvalue weighted by atomic mass is 9.98. The largest absolute Gasteiger partial charge is 0.478 e. The number of hydrogen-bond acceptors (Lipinski definition) is 6. The molecule has 37 heavy (non-hydrogen) atoms. The third-order valence-electron chi connectivity index (χ3n) is 6.17. The molecule has 0 aliphatic heterocycles. The van der Waals surface area contributed by atoms with E-state index >= 15 is 0 Å². The lowest BCUT2D eigenvalue weighted by Crippen LogP contribution is -2.26. The predicted molar refractivity (Wildman–Crippen MR) is 138 cm³/mol. The molecular formula is C27H25N7O3. The number of rotatable bonds is 9. The molecule has 0 radical (unpaired) electrons. The van der Waals surface area contributed by atoms with Gasteiger partial charge in [-0.05, 0) is 40.5 Å². The highest BCUT2D eigenvalue weighted by molar-refractivity contribution is 5.91. The third kappa shape index (κ3) is 4.81. The molecule has 2 heterocycles. The highest BCUT2D eigenvalue weighted by Gasteiger charge is 2.19. The number of nitrogens with one attached hydrogen (secondary N) is 1. The van der Waals surface area contributed by atoms with Crippen molar-refractivity contribution in [3.8, 4) is 28.2 Å². The van der Waals surface area contributed by atoms with E-state index in [4.69, 9.17) is 0 Å². The standard InChI is InChI=1S/C27H25N7O3/c1-2-3-12-24-30-34(23-11-7-6-10-22(23)26(35)36)27(37)33(24)17-18-13-15-19(16-14-18)20-8-4-5-9-21(20)25-28-31-32-29-25/h4-11,13-16H,2-3,12,17H2,1H3,(H,35,36)(H,28,29,31,32). The van der Waals surface area contributed by atoms with Gasteiger partial charge in [0.05, 0.1) is 17.8 Å². The maximum absolute atomic E-state index is 13.4. The van der Waals surface area contributed by atoms with E-state index in [1.807, 2.05) is 48.5 Å². The first kappa shape index (κ1) is 23.9.